The Bertz CT molecular complexity index is 1560. The number of fused-ring (bicyclic) bond motifs is 2. The highest BCUT2D eigenvalue weighted by Crippen LogP contribution is 2.25. The fourth-order valence-corrected chi connectivity index (χ4v) is 4.69. The van der Waals surface area contributed by atoms with Gasteiger partial charge in [0.25, 0.3) is 11.5 Å². The van der Waals surface area contributed by atoms with Crippen LogP contribution in [0.1, 0.15) is 5.69 Å². The molecule has 2 aliphatic heterocycles. The number of carboxylic acids is 2. The first-order valence-electron chi connectivity index (χ1n) is 13.3. The number of pyridine rings is 3. The second-order valence-corrected chi connectivity index (χ2v) is 9.82. The molecule has 0 aliphatic carbocycles. The number of likely N-dealkylation sites (tertiary alicyclic amines) is 1. The van der Waals surface area contributed by atoms with Gasteiger partial charge in [-0.3, -0.25) is 19.5 Å². The van der Waals surface area contributed by atoms with Crippen LogP contribution in [-0.2, 0) is 27.5 Å². The van der Waals surface area contributed by atoms with E-state index in [2.05, 4.69) is 25.5 Å². The van der Waals surface area contributed by atoms with Gasteiger partial charge in [-0.15, -0.1) is 0 Å². The van der Waals surface area contributed by atoms with Gasteiger partial charge in [0.2, 0.25) is 0 Å². The third-order valence-corrected chi connectivity index (χ3v) is 6.78. The summed E-state index contributed by atoms with van der Waals surface area (Å²) in [5, 5.41) is 32.3. The summed E-state index contributed by atoms with van der Waals surface area (Å²) in [5.41, 5.74) is 2.15. The van der Waals surface area contributed by atoms with Gasteiger partial charge in [-0.2, -0.15) is 0 Å². The Morgan fingerprint density at radius 2 is 1.91 bits per heavy atom. The number of nitrogens with one attached hydrogen (secondary N) is 2. The van der Waals surface area contributed by atoms with Crippen LogP contribution in [-0.4, -0.2) is 98.6 Å². The van der Waals surface area contributed by atoms with Crippen LogP contribution in [0.2, 0.25) is 0 Å². The zero-order valence-corrected chi connectivity index (χ0v) is 23.3. The van der Waals surface area contributed by atoms with E-state index in [4.69, 9.17) is 19.7 Å². The average Bonchev–Trinajstić information content (AvgIpc) is 3.34. The summed E-state index contributed by atoms with van der Waals surface area (Å²) in [6.45, 7) is 3.52. The van der Waals surface area contributed by atoms with Crippen molar-refractivity contribution in [2.45, 2.75) is 19.2 Å². The smallest absolute Gasteiger partial charge is 0.328 e. The minimum atomic E-state index is -1.26. The normalized spacial score (nSPS) is 18.0. The Morgan fingerprint density at radius 1 is 1.14 bits per heavy atom. The van der Waals surface area contributed by atoms with Crippen molar-refractivity contribution in [2.75, 3.05) is 45.2 Å². The Balaban J connectivity index is 0.000000467. The van der Waals surface area contributed by atoms with Crippen LogP contribution >= 0.6 is 0 Å². The van der Waals surface area contributed by atoms with E-state index in [1.165, 1.54) is 6.07 Å². The molecule has 0 saturated carbocycles. The van der Waals surface area contributed by atoms with Crippen LogP contribution in [0, 0.1) is 5.92 Å². The fraction of sp³-hybridized carbons (Fsp3) is 0.357. The molecule has 2 aliphatic rings. The molecule has 3 aromatic rings. The molecule has 228 valence electrons. The van der Waals surface area contributed by atoms with Gasteiger partial charge in [0, 0.05) is 69.5 Å². The molecule has 1 amide bonds. The number of methoxy groups -OCH3 is 1. The van der Waals surface area contributed by atoms with Crippen molar-refractivity contribution in [3.05, 3.63) is 64.7 Å². The fourth-order valence-electron chi connectivity index (χ4n) is 4.69. The molecule has 0 radical (unpaired) electrons. The SMILES string of the molecule is COc1cnc2ccc(=O)n(CCN3C[C@@H](CNCc4ccc5c(n4)NC(=O)CO5)[C@@H](O)C3)c2c1.O=C(O)/C=C/C(=O)O. The number of hydrogen-bond acceptors (Lipinski definition) is 11. The molecule has 1 fully saturated rings. The number of hydrogen-bond donors (Lipinski definition) is 5. The number of ether oxygens (including phenoxy) is 2. The average molecular weight is 597 g/mol. The lowest BCUT2D eigenvalue weighted by Gasteiger charge is -2.18. The van der Waals surface area contributed by atoms with E-state index in [-0.39, 0.29) is 24.0 Å². The van der Waals surface area contributed by atoms with E-state index in [1.54, 1.807) is 30.0 Å². The van der Waals surface area contributed by atoms with E-state index in [9.17, 15) is 24.3 Å². The number of nitrogens with zero attached hydrogens (tertiary/aromatic N) is 4. The first-order valence-corrected chi connectivity index (χ1v) is 13.3. The van der Waals surface area contributed by atoms with Crippen LogP contribution in [0.15, 0.2) is 53.5 Å². The minimum Gasteiger partial charge on any atom is -0.495 e. The number of amides is 1. The van der Waals surface area contributed by atoms with Gasteiger partial charge < -0.3 is 40.0 Å². The zero-order valence-electron chi connectivity index (χ0n) is 23.3. The summed E-state index contributed by atoms with van der Waals surface area (Å²) in [6.07, 6.45) is 2.29. The lowest BCUT2D eigenvalue weighted by molar-refractivity contribution is -0.134. The summed E-state index contributed by atoms with van der Waals surface area (Å²) in [5.74, 6) is -1.08. The lowest BCUT2D eigenvalue weighted by Crippen LogP contribution is -2.31. The zero-order chi connectivity index (χ0) is 30.9. The number of aliphatic hydroxyl groups excluding tert-OH is 1. The third-order valence-electron chi connectivity index (χ3n) is 6.78. The number of aliphatic hydroxyl groups is 1. The van der Waals surface area contributed by atoms with Crippen molar-refractivity contribution < 1.29 is 39.2 Å². The van der Waals surface area contributed by atoms with E-state index in [0.29, 0.717) is 62.2 Å². The Labute approximate surface area is 245 Å². The molecule has 0 aromatic carbocycles. The van der Waals surface area contributed by atoms with E-state index < -0.39 is 18.0 Å². The monoisotopic (exact) mass is 596 g/mol. The van der Waals surface area contributed by atoms with Crippen molar-refractivity contribution in [2.24, 2.45) is 5.92 Å². The summed E-state index contributed by atoms with van der Waals surface area (Å²) in [6, 6.07) is 8.71. The number of anilines is 1. The molecular weight excluding hydrogens is 564 g/mol. The molecule has 15 heteroatoms. The number of β-amino-alcohol motifs (C(OH)–C–C–N with tert-alkyl or cyclic N) is 1. The summed E-state index contributed by atoms with van der Waals surface area (Å²) < 4.78 is 12.3. The number of carbonyl (C=O) groups is 3. The maximum Gasteiger partial charge on any atom is 0.328 e. The van der Waals surface area contributed by atoms with Gasteiger partial charge in [-0.05, 0) is 18.2 Å². The number of rotatable bonds is 10. The highest BCUT2D eigenvalue weighted by atomic mass is 16.5. The largest absolute Gasteiger partial charge is 0.495 e. The molecule has 5 rings (SSSR count). The number of aromatic nitrogens is 3. The number of carbonyl (C=O) groups excluding carboxylic acids is 1. The maximum atomic E-state index is 12.5. The summed E-state index contributed by atoms with van der Waals surface area (Å²) in [7, 11) is 1.57. The Kier molecular flexibility index (Phi) is 10.4. The van der Waals surface area contributed by atoms with Gasteiger partial charge in [0.15, 0.2) is 18.2 Å². The molecule has 0 spiro atoms. The minimum absolute atomic E-state index is 0.00254. The van der Waals surface area contributed by atoms with Gasteiger partial charge in [-0.25, -0.2) is 14.6 Å². The standard InChI is InChI=1S/C24H28N6O5.C4H4O4/c1-34-17-8-19-18(26-11-17)3-5-23(33)30(19)7-6-29-12-15(20(31)13-29)9-25-10-16-2-4-21-24(27-16)28-22(32)14-35-21;5-3(6)1-2-4(7)8/h2-5,8,11,15,20,25,31H,6-7,9-10,12-14H2,1H3,(H,27,28,32);1-2H,(H,5,6)(H,7,8)/b;2-1+/t15-,20+;/m1./s1. The van der Waals surface area contributed by atoms with Crippen LogP contribution in [0.5, 0.6) is 11.5 Å². The third kappa shape index (κ3) is 8.57. The van der Waals surface area contributed by atoms with Crippen LogP contribution < -0.4 is 25.7 Å². The van der Waals surface area contributed by atoms with E-state index >= 15 is 0 Å². The lowest BCUT2D eigenvalue weighted by atomic mass is 10.1. The van der Waals surface area contributed by atoms with Crippen LogP contribution in [0.25, 0.3) is 11.0 Å². The first kappa shape index (κ1) is 31.1. The molecule has 5 heterocycles. The molecule has 0 unspecified atom stereocenters. The van der Waals surface area contributed by atoms with Gasteiger partial charge >= 0.3 is 11.9 Å². The van der Waals surface area contributed by atoms with Gasteiger partial charge in [0.05, 0.1) is 36.1 Å². The highest BCUT2D eigenvalue weighted by molar-refractivity contribution is 5.94. The van der Waals surface area contributed by atoms with Gasteiger partial charge in [-0.1, -0.05) is 0 Å². The Hall–Kier alpha value is -4.86. The second-order valence-electron chi connectivity index (χ2n) is 9.82. The summed E-state index contributed by atoms with van der Waals surface area (Å²) in [4.78, 5) is 54.1. The maximum absolute atomic E-state index is 12.5. The predicted molar refractivity (Wildman–Crippen MR) is 153 cm³/mol. The molecule has 1 saturated heterocycles. The molecule has 5 N–H and O–H groups in total. The van der Waals surface area contributed by atoms with Crippen molar-refractivity contribution in [3.63, 3.8) is 0 Å². The van der Waals surface area contributed by atoms with Crippen molar-refractivity contribution in [1.29, 1.82) is 0 Å². The number of carboxylic acid groups (broad SMARTS) is 2. The van der Waals surface area contributed by atoms with E-state index in [1.807, 2.05) is 12.1 Å². The predicted octanol–water partition coefficient (Wildman–Crippen LogP) is -0.0747. The van der Waals surface area contributed by atoms with E-state index in [0.717, 1.165) is 23.3 Å². The van der Waals surface area contributed by atoms with Crippen molar-refractivity contribution >= 4 is 34.7 Å². The number of aliphatic carboxylic acids is 2. The summed E-state index contributed by atoms with van der Waals surface area (Å²) >= 11 is 0. The van der Waals surface area contributed by atoms with Crippen LogP contribution in [0.4, 0.5) is 5.82 Å². The van der Waals surface area contributed by atoms with Gasteiger partial charge in [0.1, 0.15) is 5.75 Å². The highest BCUT2D eigenvalue weighted by Gasteiger charge is 2.30. The molecule has 0 bridgehead atoms. The van der Waals surface area contributed by atoms with Crippen LogP contribution in [0.3, 0.4) is 0 Å². The molecule has 15 nitrogen and oxygen atoms in total. The molecular formula is C28H32N6O9. The Morgan fingerprint density at radius 3 is 2.63 bits per heavy atom. The molecule has 2 atom stereocenters. The quantitative estimate of drug-likeness (QED) is 0.195. The molecule has 43 heavy (non-hydrogen) atoms. The second kappa shape index (κ2) is 14.4. The van der Waals surface area contributed by atoms with Crippen molar-refractivity contribution in [1.82, 2.24) is 24.8 Å². The topological polar surface area (TPSA) is 205 Å². The first-order chi connectivity index (χ1) is 20.6. The van der Waals surface area contributed by atoms with Crippen molar-refractivity contribution in [3.8, 4) is 11.5 Å². The molecule has 3 aromatic heterocycles.